The average molecular weight is 407 g/mol. The molecule has 1 aromatic carbocycles. The monoisotopic (exact) mass is 406 g/mol. The molecule has 30 heavy (non-hydrogen) atoms. The molecule has 0 radical (unpaired) electrons. The highest BCUT2D eigenvalue weighted by molar-refractivity contribution is 5.93. The fraction of sp³-hybridized carbons (Fsp3) is 0.600. The van der Waals surface area contributed by atoms with Crippen LogP contribution in [0.5, 0.6) is 0 Å². The molecule has 1 aliphatic heterocycles. The number of nitrogens with one attached hydrogen (secondary N) is 1. The molecule has 2 fully saturated rings. The predicted octanol–water partition coefficient (Wildman–Crippen LogP) is 3.86. The molecule has 1 saturated carbocycles. The lowest BCUT2D eigenvalue weighted by Gasteiger charge is -2.37. The molecule has 5 heteroatoms. The molecular formula is C25H34N4O. The Kier molecular flexibility index (Phi) is 7.07. The van der Waals surface area contributed by atoms with Gasteiger partial charge in [-0.1, -0.05) is 18.2 Å². The Morgan fingerprint density at radius 3 is 2.57 bits per heavy atom. The van der Waals surface area contributed by atoms with Gasteiger partial charge < -0.3 is 10.2 Å². The van der Waals surface area contributed by atoms with Crippen LogP contribution in [-0.4, -0.2) is 49.6 Å². The first-order valence-corrected chi connectivity index (χ1v) is 11.7. The van der Waals surface area contributed by atoms with Crippen LogP contribution in [0, 0.1) is 17.2 Å². The van der Waals surface area contributed by atoms with Gasteiger partial charge in [0.25, 0.3) is 0 Å². The highest BCUT2D eigenvalue weighted by Gasteiger charge is 2.25. The Bertz CT molecular complexity index is 796. The van der Waals surface area contributed by atoms with Gasteiger partial charge in [0.15, 0.2) is 0 Å². The third-order valence-electron chi connectivity index (χ3n) is 7.11. The van der Waals surface area contributed by atoms with E-state index >= 15 is 0 Å². The third kappa shape index (κ3) is 5.23. The summed E-state index contributed by atoms with van der Waals surface area (Å²) in [6.07, 6.45) is 11.3. The zero-order valence-electron chi connectivity index (χ0n) is 18.0. The number of nitriles is 1. The molecule has 0 aromatic heterocycles. The fourth-order valence-electron chi connectivity index (χ4n) is 5.17. The van der Waals surface area contributed by atoms with Gasteiger partial charge in [-0.2, -0.15) is 5.26 Å². The molecule has 5 nitrogen and oxygen atoms in total. The van der Waals surface area contributed by atoms with Crippen LogP contribution >= 0.6 is 0 Å². The normalized spacial score (nSPS) is 24.9. The van der Waals surface area contributed by atoms with E-state index in [1.807, 2.05) is 18.2 Å². The van der Waals surface area contributed by atoms with E-state index in [1.165, 1.54) is 25.8 Å². The predicted molar refractivity (Wildman–Crippen MR) is 120 cm³/mol. The Labute approximate surface area is 180 Å². The van der Waals surface area contributed by atoms with E-state index in [4.69, 9.17) is 0 Å². The summed E-state index contributed by atoms with van der Waals surface area (Å²) in [6, 6.07) is 10.6. The van der Waals surface area contributed by atoms with Crippen LogP contribution in [0.2, 0.25) is 0 Å². The van der Waals surface area contributed by atoms with Crippen molar-refractivity contribution < 1.29 is 4.79 Å². The van der Waals surface area contributed by atoms with Crippen LogP contribution in [0.15, 0.2) is 35.9 Å². The number of piperazine rings is 1. The number of para-hydroxylation sites is 1. The van der Waals surface area contributed by atoms with E-state index in [-0.39, 0.29) is 5.91 Å². The smallest absolute Gasteiger partial charge is 0.247 e. The quantitative estimate of drug-likeness (QED) is 0.779. The van der Waals surface area contributed by atoms with Crippen molar-refractivity contribution >= 4 is 11.6 Å². The van der Waals surface area contributed by atoms with Crippen molar-refractivity contribution in [2.24, 2.45) is 5.92 Å². The molecule has 0 spiro atoms. The molecule has 0 bridgehead atoms. The maximum absolute atomic E-state index is 12.3. The zero-order valence-corrected chi connectivity index (χ0v) is 18.0. The lowest BCUT2D eigenvalue weighted by Crippen LogP contribution is -2.47. The summed E-state index contributed by atoms with van der Waals surface area (Å²) in [5, 5.41) is 12.6. The molecule has 4 rings (SSSR count). The van der Waals surface area contributed by atoms with Crippen LogP contribution in [0.3, 0.4) is 0 Å². The van der Waals surface area contributed by atoms with Crippen LogP contribution < -0.4 is 10.2 Å². The van der Waals surface area contributed by atoms with Crippen LogP contribution in [-0.2, 0) is 4.79 Å². The second-order valence-electron chi connectivity index (χ2n) is 9.06. The summed E-state index contributed by atoms with van der Waals surface area (Å²) in [5.41, 5.74) is 2.86. The minimum absolute atomic E-state index is 0.187. The van der Waals surface area contributed by atoms with Gasteiger partial charge in [-0.3, -0.25) is 9.69 Å². The molecule has 1 amide bonds. The number of carbonyl (C=O) groups excluding carboxylic acids is 1. The second kappa shape index (κ2) is 10.1. The molecule has 1 N–H and O–H groups in total. The van der Waals surface area contributed by atoms with Crippen LogP contribution in [0.4, 0.5) is 5.69 Å². The maximum Gasteiger partial charge on any atom is 0.247 e. The number of rotatable bonds is 6. The van der Waals surface area contributed by atoms with E-state index in [2.05, 4.69) is 33.3 Å². The van der Waals surface area contributed by atoms with Crippen molar-refractivity contribution in [3.05, 3.63) is 41.5 Å². The minimum atomic E-state index is 0.187. The van der Waals surface area contributed by atoms with Crippen LogP contribution in [0.1, 0.15) is 56.9 Å². The lowest BCUT2D eigenvalue weighted by atomic mass is 9.84. The van der Waals surface area contributed by atoms with Crippen molar-refractivity contribution in [3.63, 3.8) is 0 Å². The summed E-state index contributed by atoms with van der Waals surface area (Å²) in [4.78, 5) is 17.2. The second-order valence-corrected chi connectivity index (χ2v) is 9.06. The van der Waals surface area contributed by atoms with Gasteiger partial charge in [-0.25, -0.2) is 0 Å². The number of carbonyl (C=O) groups is 1. The largest absolute Gasteiger partial charge is 0.368 e. The fourth-order valence-corrected chi connectivity index (χ4v) is 5.17. The van der Waals surface area contributed by atoms with Gasteiger partial charge >= 0.3 is 0 Å². The first-order chi connectivity index (χ1) is 14.7. The number of allylic oxidation sites excluding steroid dienone is 1. The molecule has 1 heterocycles. The minimum Gasteiger partial charge on any atom is -0.368 e. The van der Waals surface area contributed by atoms with E-state index < -0.39 is 0 Å². The highest BCUT2D eigenvalue weighted by atomic mass is 16.1. The van der Waals surface area contributed by atoms with Crippen molar-refractivity contribution in [1.29, 1.82) is 5.26 Å². The molecule has 160 valence electrons. The summed E-state index contributed by atoms with van der Waals surface area (Å²) in [5.74, 6) is 0.980. The SMILES string of the molecule is N#Cc1ccccc1N1CCN(CC[C@H]2CC[C@H](NC(=O)C3=CCCC3)CC2)CC1. The molecule has 2 aliphatic carbocycles. The van der Waals surface area contributed by atoms with Crippen molar-refractivity contribution in [1.82, 2.24) is 10.2 Å². The van der Waals surface area contributed by atoms with Gasteiger partial charge in [0.1, 0.15) is 6.07 Å². The van der Waals surface area contributed by atoms with Gasteiger partial charge in [-0.15, -0.1) is 0 Å². The van der Waals surface area contributed by atoms with E-state index in [0.29, 0.717) is 6.04 Å². The van der Waals surface area contributed by atoms with Crippen molar-refractivity contribution in [3.8, 4) is 6.07 Å². The van der Waals surface area contributed by atoms with Gasteiger partial charge in [0, 0.05) is 37.8 Å². The Morgan fingerprint density at radius 1 is 1.10 bits per heavy atom. The van der Waals surface area contributed by atoms with Gasteiger partial charge in [0.2, 0.25) is 5.91 Å². The Morgan fingerprint density at radius 2 is 1.87 bits per heavy atom. The van der Waals surface area contributed by atoms with E-state index in [0.717, 1.165) is 81.0 Å². The van der Waals surface area contributed by atoms with Gasteiger partial charge in [0.05, 0.1) is 11.3 Å². The molecular weight excluding hydrogens is 372 g/mol. The average Bonchev–Trinajstić information content (AvgIpc) is 3.34. The number of amides is 1. The summed E-state index contributed by atoms with van der Waals surface area (Å²) in [6.45, 7) is 5.30. The molecule has 1 saturated heterocycles. The highest BCUT2D eigenvalue weighted by Crippen LogP contribution is 2.28. The molecule has 1 aromatic rings. The number of hydrogen-bond donors (Lipinski definition) is 1. The molecule has 0 unspecified atom stereocenters. The summed E-state index contributed by atoms with van der Waals surface area (Å²) >= 11 is 0. The van der Waals surface area contributed by atoms with E-state index in [9.17, 15) is 10.1 Å². The maximum atomic E-state index is 12.3. The number of anilines is 1. The lowest BCUT2D eigenvalue weighted by molar-refractivity contribution is -0.118. The Hall–Kier alpha value is -2.32. The number of nitrogens with zero attached hydrogens (tertiary/aromatic N) is 3. The third-order valence-corrected chi connectivity index (χ3v) is 7.11. The number of hydrogen-bond acceptors (Lipinski definition) is 4. The van der Waals surface area contributed by atoms with Crippen LogP contribution in [0.25, 0.3) is 0 Å². The Balaban J connectivity index is 1.15. The topological polar surface area (TPSA) is 59.4 Å². The van der Waals surface area contributed by atoms with Crippen molar-refractivity contribution in [2.75, 3.05) is 37.6 Å². The summed E-state index contributed by atoms with van der Waals surface area (Å²) in [7, 11) is 0. The molecule has 3 aliphatic rings. The molecule has 0 atom stereocenters. The number of benzene rings is 1. The van der Waals surface area contributed by atoms with Crippen molar-refractivity contribution in [2.45, 2.75) is 57.4 Å². The first-order valence-electron chi connectivity index (χ1n) is 11.7. The van der Waals surface area contributed by atoms with E-state index in [1.54, 1.807) is 0 Å². The zero-order chi connectivity index (χ0) is 20.8. The standard InChI is InChI=1S/C25H34N4O/c26-19-22-7-3-4-8-24(22)29-17-15-28(16-18-29)14-13-20-9-11-23(12-10-20)27-25(30)21-5-1-2-6-21/h3-5,7-8,20,23H,1-2,6,9-18H2,(H,27,30)/t20-,23-. The summed E-state index contributed by atoms with van der Waals surface area (Å²) < 4.78 is 0. The first kappa shape index (κ1) is 20.9. The van der Waals surface area contributed by atoms with Gasteiger partial charge in [-0.05, 0) is 76.0 Å².